The van der Waals surface area contributed by atoms with Gasteiger partial charge < -0.3 is 14.1 Å². The summed E-state index contributed by atoms with van der Waals surface area (Å²) in [6, 6.07) is 14.4. The molecule has 134 valence electrons. The van der Waals surface area contributed by atoms with Gasteiger partial charge in [0.1, 0.15) is 11.3 Å². The number of likely N-dealkylation sites (N-methyl/N-ethyl adjacent to an activating group) is 1. The molecule has 0 saturated heterocycles. The van der Waals surface area contributed by atoms with Crippen LogP contribution < -0.4 is 10.4 Å². The Labute approximate surface area is 159 Å². The zero-order chi connectivity index (χ0) is 18.7. The summed E-state index contributed by atoms with van der Waals surface area (Å²) in [4.78, 5) is 25.4. The van der Waals surface area contributed by atoms with E-state index in [1.54, 1.807) is 24.1 Å². The molecule has 0 radical (unpaired) electrons. The summed E-state index contributed by atoms with van der Waals surface area (Å²) in [6.07, 6.45) is 0. The highest BCUT2D eigenvalue weighted by Crippen LogP contribution is 2.22. The van der Waals surface area contributed by atoms with Gasteiger partial charge in [-0.05, 0) is 36.2 Å². The minimum absolute atomic E-state index is 0.0947. The number of rotatable bonds is 5. The van der Waals surface area contributed by atoms with Crippen molar-refractivity contribution in [1.29, 1.82) is 0 Å². The fourth-order valence-corrected chi connectivity index (χ4v) is 3.03. The van der Waals surface area contributed by atoms with Gasteiger partial charge in [-0.2, -0.15) is 0 Å². The monoisotopic (exact) mass is 415 g/mol. The van der Waals surface area contributed by atoms with Crippen LogP contribution in [-0.2, 0) is 11.3 Å². The van der Waals surface area contributed by atoms with E-state index in [4.69, 9.17) is 9.15 Å². The number of hydrogen-bond acceptors (Lipinski definition) is 4. The Hall–Kier alpha value is -2.60. The molecule has 3 rings (SSSR count). The topological polar surface area (TPSA) is 59.8 Å². The van der Waals surface area contributed by atoms with Crippen molar-refractivity contribution in [2.75, 3.05) is 13.7 Å². The number of ether oxygens (including phenoxy) is 1. The zero-order valence-electron chi connectivity index (χ0n) is 14.5. The first-order chi connectivity index (χ1) is 12.4. The van der Waals surface area contributed by atoms with Gasteiger partial charge in [0.2, 0.25) is 0 Å². The summed E-state index contributed by atoms with van der Waals surface area (Å²) >= 11 is 3.48. The highest BCUT2D eigenvalue weighted by molar-refractivity contribution is 9.10. The predicted octanol–water partition coefficient (Wildman–Crippen LogP) is 3.90. The SMILES string of the molecule is Cc1cc(=O)oc2cc(OCC(=O)N(C)Cc3ccccc3Br)ccc12. The van der Waals surface area contributed by atoms with Crippen molar-refractivity contribution in [1.82, 2.24) is 4.90 Å². The van der Waals surface area contributed by atoms with Crippen molar-refractivity contribution >= 4 is 32.8 Å². The van der Waals surface area contributed by atoms with E-state index < -0.39 is 5.63 Å². The lowest BCUT2D eigenvalue weighted by Crippen LogP contribution is -2.31. The lowest BCUT2D eigenvalue weighted by Gasteiger charge is -2.18. The van der Waals surface area contributed by atoms with Crippen molar-refractivity contribution in [3.8, 4) is 5.75 Å². The molecule has 0 unspecified atom stereocenters. The van der Waals surface area contributed by atoms with E-state index >= 15 is 0 Å². The zero-order valence-corrected chi connectivity index (χ0v) is 16.1. The van der Waals surface area contributed by atoms with E-state index in [-0.39, 0.29) is 12.5 Å². The highest BCUT2D eigenvalue weighted by atomic mass is 79.9. The molecule has 0 aliphatic rings. The minimum atomic E-state index is -0.406. The molecule has 0 bridgehead atoms. The van der Waals surface area contributed by atoms with Gasteiger partial charge in [-0.25, -0.2) is 4.79 Å². The van der Waals surface area contributed by atoms with Crippen LogP contribution in [0.15, 0.2) is 62.2 Å². The molecule has 5 nitrogen and oxygen atoms in total. The first-order valence-electron chi connectivity index (χ1n) is 8.09. The van der Waals surface area contributed by atoms with Crippen molar-refractivity contribution in [2.24, 2.45) is 0 Å². The molecule has 0 fully saturated rings. The molecule has 6 heteroatoms. The molecule has 1 aromatic heterocycles. The minimum Gasteiger partial charge on any atom is -0.484 e. The third-order valence-corrected chi connectivity index (χ3v) is 4.85. The van der Waals surface area contributed by atoms with Crippen LogP contribution in [-0.4, -0.2) is 24.5 Å². The van der Waals surface area contributed by atoms with Gasteiger partial charge in [0.25, 0.3) is 5.91 Å². The average molecular weight is 416 g/mol. The smallest absolute Gasteiger partial charge is 0.336 e. The van der Waals surface area contributed by atoms with Gasteiger partial charge in [0.05, 0.1) is 0 Å². The van der Waals surface area contributed by atoms with E-state index in [9.17, 15) is 9.59 Å². The molecule has 3 aromatic rings. The Bertz CT molecular complexity index is 1010. The van der Waals surface area contributed by atoms with Crippen molar-refractivity contribution in [2.45, 2.75) is 13.5 Å². The second-order valence-corrected chi connectivity index (χ2v) is 6.89. The molecular formula is C20H18BrNO4. The average Bonchev–Trinajstić information content (AvgIpc) is 2.61. The van der Waals surface area contributed by atoms with Crippen LogP contribution >= 0.6 is 15.9 Å². The maximum Gasteiger partial charge on any atom is 0.336 e. The molecular weight excluding hydrogens is 398 g/mol. The number of halogens is 1. The van der Waals surface area contributed by atoms with E-state index in [1.165, 1.54) is 6.07 Å². The molecule has 0 atom stereocenters. The predicted molar refractivity (Wildman–Crippen MR) is 103 cm³/mol. The quantitative estimate of drug-likeness (QED) is 0.592. The number of carbonyl (C=O) groups is 1. The molecule has 2 aromatic carbocycles. The van der Waals surface area contributed by atoms with Crippen molar-refractivity contribution in [3.63, 3.8) is 0 Å². The molecule has 1 amide bonds. The lowest BCUT2D eigenvalue weighted by atomic mass is 10.1. The Morgan fingerprint density at radius 1 is 1.19 bits per heavy atom. The van der Waals surface area contributed by atoms with Gasteiger partial charge in [0.15, 0.2) is 6.61 Å². The lowest BCUT2D eigenvalue weighted by molar-refractivity contribution is -0.132. The summed E-state index contributed by atoms with van der Waals surface area (Å²) in [7, 11) is 1.73. The van der Waals surface area contributed by atoms with Crippen LogP contribution in [0.3, 0.4) is 0 Å². The van der Waals surface area contributed by atoms with Crippen LogP contribution in [0, 0.1) is 6.92 Å². The molecule has 0 aliphatic heterocycles. The summed E-state index contributed by atoms with van der Waals surface area (Å²) in [5.41, 5.74) is 1.90. The van der Waals surface area contributed by atoms with Crippen molar-refractivity contribution < 1.29 is 13.9 Å². The highest BCUT2D eigenvalue weighted by Gasteiger charge is 2.12. The number of fused-ring (bicyclic) bond motifs is 1. The second-order valence-electron chi connectivity index (χ2n) is 6.04. The first kappa shape index (κ1) is 18.2. The number of amides is 1. The molecule has 0 spiro atoms. The Balaban J connectivity index is 1.66. The molecule has 1 heterocycles. The van der Waals surface area contributed by atoms with E-state index in [2.05, 4.69) is 15.9 Å². The maximum atomic E-state index is 12.3. The molecule has 26 heavy (non-hydrogen) atoms. The second kappa shape index (κ2) is 7.74. The summed E-state index contributed by atoms with van der Waals surface area (Å²) in [5, 5.41) is 0.842. The number of nitrogens with zero attached hydrogens (tertiary/aromatic N) is 1. The van der Waals surface area contributed by atoms with Gasteiger partial charge in [0, 0.05) is 35.6 Å². The van der Waals surface area contributed by atoms with Gasteiger partial charge in [-0.1, -0.05) is 34.1 Å². The van der Waals surface area contributed by atoms with Crippen LogP contribution in [0.2, 0.25) is 0 Å². The van der Waals surface area contributed by atoms with E-state index in [0.717, 1.165) is 21.0 Å². The van der Waals surface area contributed by atoms with Gasteiger partial charge in [-0.15, -0.1) is 0 Å². The number of benzene rings is 2. The summed E-state index contributed by atoms with van der Waals surface area (Å²) < 4.78 is 11.7. The maximum absolute atomic E-state index is 12.3. The number of hydrogen-bond donors (Lipinski definition) is 0. The normalized spacial score (nSPS) is 10.7. The van der Waals surface area contributed by atoms with E-state index in [1.807, 2.05) is 37.3 Å². The van der Waals surface area contributed by atoms with Crippen LogP contribution in [0.1, 0.15) is 11.1 Å². The third-order valence-electron chi connectivity index (χ3n) is 4.08. The van der Waals surface area contributed by atoms with Gasteiger partial charge in [-0.3, -0.25) is 4.79 Å². The van der Waals surface area contributed by atoms with Gasteiger partial charge >= 0.3 is 5.63 Å². The molecule has 0 N–H and O–H groups in total. The van der Waals surface area contributed by atoms with Crippen LogP contribution in [0.25, 0.3) is 11.0 Å². The van der Waals surface area contributed by atoms with Crippen molar-refractivity contribution in [3.05, 3.63) is 74.6 Å². The number of carbonyl (C=O) groups excluding carboxylic acids is 1. The Morgan fingerprint density at radius 3 is 2.73 bits per heavy atom. The third kappa shape index (κ3) is 4.14. The van der Waals surface area contributed by atoms with Crippen LogP contribution in [0.5, 0.6) is 5.75 Å². The standard InChI is InChI=1S/C20H18BrNO4/c1-13-9-20(24)26-18-10-15(7-8-16(13)18)25-12-19(23)22(2)11-14-5-3-4-6-17(14)21/h3-10H,11-12H2,1-2H3. The fourth-order valence-electron chi connectivity index (χ4n) is 2.62. The fraction of sp³-hybridized carbons (Fsp3) is 0.200. The number of aryl methyl sites for hydroxylation is 1. The first-order valence-corrected chi connectivity index (χ1v) is 8.88. The summed E-state index contributed by atoms with van der Waals surface area (Å²) in [5.74, 6) is 0.334. The molecule has 0 saturated carbocycles. The summed E-state index contributed by atoms with van der Waals surface area (Å²) in [6.45, 7) is 2.23. The Morgan fingerprint density at radius 2 is 1.96 bits per heavy atom. The van der Waals surface area contributed by atoms with E-state index in [0.29, 0.717) is 17.9 Å². The Kier molecular flexibility index (Phi) is 5.42. The molecule has 0 aliphatic carbocycles. The van der Waals surface area contributed by atoms with Crippen LogP contribution in [0.4, 0.5) is 0 Å². The largest absolute Gasteiger partial charge is 0.484 e.